The van der Waals surface area contributed by atoms with Gasteiger partial charge in [-0.1, -0.05) is 11.6 Å². The Bertz CT molecular complexity index is 558. The molecule has 2 heterocycles. The highest BCUT2D eigenvalue weighted by Crippen LogP contribution is 2.38. The van der Waals surface area contributed by atoms with Gasteiger partial charge in [0.25, 0.3) is 0 Å². The summed E-state index contributed by atoms with van der Waals surface area (Å²) in [7, 11) is -0.694. The maximum Gasteiger partial charge on any atom is 0.492 e. The van der Waals surface area contributed by atoms with Gasteiger partial charge in [-0.25, -0.2) is 4.98 Å². The highest BCUT2D eigenvalue weighted by atomic mass is 35.5. The van der Waals surface area contributed by atoms with Crippen molar-refractivity contribution in [2.45, 2.75) is 38.9 Å². The van der Waals surface area contributed by atoms with Crippen LogP contribution in [0.4, 0.5) is 0 Å². The summed E-state index contributed by atoms with van der Waals surface area (Å²) >= 11 is 5.82. The normalized spacial score (nSPS) is 20.9. The predicted octanol–water partition coefficient (Wildman–Crippen LogP) is 2.45. The zero-order valence-corrected chi connectivity index (χ0v) is 13.3. The summed E-state index contributed by atoms with van der Waals surface area (Å²) in [6.45, 7) is 7.44. The smallest absolute Gasteiger partial charge is 0.492 e. The van der Waals surface area contributed by atoms with Crippen molar-refractivity contribution in [2.75, 3.05) is 6.61 Å². The highest BCUT2D eigenvalue weighted by Gasteiger charge is 2.52. The standard InChI is InChI=1S/C14H19BClNO4/c1-13(2)14(3,4)21-15(20-13)9(8-18)7-10-11(19)5-6-12(16)17-10/h5-7,18-19H,8H2,1-4H3. The molecule has 5 nitrogen and oxygen atoms in total. The minimum absolute atomic E-state index is 0.0260. The number of rotatable bonds is 3. The Kier molecular flexibility index (Phi) is 4.35. The molecule has 0 aromatic carbocycles. The lowest BCUT2D eigenvalue weighted by atomic mass is 9.78. The van der Waals surface area contributed by atoms with Crippen LogP contribution in [0.15, 0.2) is 17.6 Å². The van der Waals surface area contributed by atoms with Crippen LogP contribution in [0.5, 0.6) is 5.75 Å². The lowest BCUT2D eigenvalue weighted by Gasteiger charge is -2.32. The fourth-order valence-corrected chi connectivity index (χ4v) is 2.06. The van der Waals surface area contributed by atoms with E-state index in [0.717, 1.165) is 0 Å². The summed E-state index contributed by atoms with van der Waals surface area (Å²) < 4.78 is 11.7. The summed E-state index contributed by atoms with van der Waals surface area (Å²) in [6, 6.07) is 2.93. The molecule has 0 unspecified atom stereocenters. The molecular formula is C14H19BClNO4. The number of hydrogen-bond acceptors (Lipinski definition) is 5. The molecule has 0 aliphatic carbocycles. The van der Waals surface area contributed by atoms with E-state index in [2.05, 4.69) is 4.98 Å². The van der Waals surface area contributed by atoms with Gasteiger partial charge in [0.15, 0.2) is 0 Å². The number of halogens is 1. The van der Waals surface area contributed by atoms with Gasteiger partial charge in [-0.3, -0.25) is 0 Å². The summed E-state index contributed by atoms with van der Waals surface area (Å²) in [5.41, 5.74) is -0.272. The predicted molar refractivity (Wildman–Crippen MR) is 82.1 cm³/mol. The van der Waals surface area contributed by atoms with Gasteiger partial charge in [-0.15, -0.1) is 0 Å². The SMILES string of the molecule is CC1(C)OB(C(=Cc2nc(Cl)ccc2O)CO)OC1(C)C. The van der Waals surface area contributed by atoms with E-state index >= 15 is 0 Å². The van der Waals surface area contributed by atoms with Crippen LogP contribution in [-0.4, -0.2) is 40.1 Å². The van der Waals surface area contributed by atoms with E-state index in [1.54, 1.807) is 0 Å². The molecule has 114 valence electrons. The second-order valence-electron chi connectivity index (χ2n) is 6.00. The number of aromatic hydroxyl groups is 1. The van der Waals surface area contributed by atoms with Crippen LogP contribution in [0.25, 0.3) is 6.08 Å². The average molecular weight is 312 g/mol. The highest BCUT2D eigenvalue weighted by molar-refractivity contribution is 6.55. The quantitative estimate of drug-likeness (QED) is 0.663. The number of hydrogen-bond donors (Lipinski definition) is 2. The zero-order chi connectivity index (χ0) is 15.8. The Balaban J connectivity index is 2.33. The van der Waals surface area contributed by atoms with Gasteiger partial charge >= 0.3 is 7.12 Å². The van der Waals surface area contributed by atoms with Gasteiger partial charge in [0.2, 0.25) is 0 Å². The van der Waals surface area contributed by atoms with Crippen molar-refractivity contribution in [3.63, 3.8) is 0 Å². The van der Waals surface area contributed by atoms with Crippen molar-refractivity contribution in [3.8, 4) is 5.75 Å². The van der Waals surface area contributed by atoms with Crippen molar-refractivity contribution in [3.05, 3.63) is 28.5 Å². The van der Waals surface area contributed by atoms with Gasteiger partial charge in [0, 0.05) is 0 Å². The van der Waals surface area contributed by atoms with Crippen LogP contribution >= 0.6 is 11.6 Å². The minimum Gasteiger partial charge on any atom is -0.506 e. The minimum atomic E-state index is -0.694. The third-order valence-corrected chi connectivity index (χ3v) is 4.14. The third-order valence-electron chi connectivity index (χ3n) is 3.93. The van der Waals surface area contributed by atoms with Gasteiger partial charge in [-0.05, 0) is 51.4 Å². The first kappa shape index (κ1) is 16.3. The summed E-state index contributed by atoms with van der Waals surface area (Å²) in [4.78, 5) is 4.02. The Hall–Kier alpha value is -1.08. The molecule has 2 N–H and O–H groups in total. The molecular weight excluding hydrogens is 292 g/mol. The molecule has 0 atom stereocenters. The second-order valence-corrected chi connectivity index (χ2v) is 6.39. The summed E-state index contributed by atoms with van der Waals surface area (Å²) in [5.74, 6) is -0.0260. The van der Waals surface area contributed by atoms with Crippen LogP contribution in [0.2, 0.25) is 5.15 Å². The molecule has 1 aromatic heterocycles. The molecule has 0 saturated carbocycles. The van der Waals surface area contributed by atoms with Gasteiger partial charge < -0.3 is 19.5 Å². The van der Waals surface area contributed by atoms with E-state index in [9.17, 15) is 10.2 Å². The number of aliphatic hydroxyl groups is 1. The molecule has 0 bridgehead atoms. The van der Waals surface area contributed by atoms with Crippen molar-refractivity contribution in [1.29, 1.82) is 0 Å². The molecule has 7 heteroatoms. The molecule has 1 saturated heterocycles. The fourth-order valence-electron chi connectivity index (χ4n) is 1.91. The van der Waals surface area contributed by atoms with Crippen molar-refractivity contribution in [1.82, 2.24) is 4.98 Å². The molecule has 1 aliphatic rings. The molecule has 2 rings (SSSR count). The monoisotopic (exact) mass is 311 g/mol. The largest absolute Gasteiger partial charge is 0.506 e. The maximum absolute atomic E-state index is 9.80. The first-order valence-corrected chi connectivity index (χ1v) is 7.06. The average Bonchev–Trinajstić information content (AvgIpc) is 2.59. The molecule has 1 aromatic rings. The topological polar surface area (TPSA) is 71.8 Å². The zero-order valence-electron chi connectivity index (χ0n) is 12.6. The summed E-state index contributed by atoms with van der Waals surface area (Å²) in [5, 5.41) is 19.6. The first-order valence-electron chi connectivity index (χ1n) is 6.69. The Morgan fingerprint density at radius 2 is 1.86 bits per heavy atom. The van der Waals surface area contributed by atoms with Crippen LogP contribution in [0.3, 0.4) is 0 Å². The molecule has 0 amide bonds. The van der Waals surface area contributed by atoms with Crippen LogP contribution < -0.4 is 0 Å². The first-order chi connectivity index (χ1) is 9.66. The van der Waals surface area contributed by atoms with Gasteiger partial charge in [0.05, 0.1) is 17.8 Å². The number of nitrogens with zero attached hydrogens (tertiary/aromatic N) is 1. The lowest BCUT2D eigenvalue weighted by molar-refractivity contribution is 0.00578. The number of pyridine rings is 1. The molecule has 1 fully saturated rings. The second kappa shape index (κ2) is 5.61. The van der Waals surface area contributed by atoms with E-state index in [4.69, 9.17) is 20.9 Å². The van der Waals surface area contributed by atoms with Gasteiger partial charge in [-0.2, -0.15) is 0 Å². The Morgan fingerprint density at radius 3 is 2.38 bits per heavy atom. The molecule has 0 spiro atoms. The van der Waals surface area contributed by atoms with Gasteiger partial charge in [0.1, 0.15) is 16.6 Å². The van der Waals surface area contributed by atoms with Crippen molar-refractivity contribution < 1.29 is 19.5 Å². The van der Waals surface area contributed by atoms with E-state index in [0.29, 0.717) is 5.47 Å². The maximum atomic E-state index is 9.80. The van der Waals surface area contributed by atoms with E-state index in [1.807, 2.05) is 27.7 Å². The van der Waals surface area contributed by atoms with Crippen LogP contribution in [0.1, 0.15) is 33.4 Å². The third kappa shape index (κ3) is 3.24. The lowest BCUT2D eigenvalue weighted by Crippen LogP contribution is -2.41. The molecule has 21 heavy (non-hydrogen) atoms. The van der Waals surface area contributed by atoms with Crippen LogP contribution in [0, 0.1) is 0 Å². The Morgan fingerprint density at radius 1 is 1.29 bits per heavy atom. The van der Waals surface area contributed by atoms with E-state index < -0.39 is 18.3 Å². The number of aliphatic hydroxyl groups excluding tert-OH is 1. The van der Waals surface area contributed by atoms with E-state index in [-0.39, 0.29) is 23.2 Å². The fraction of sp³-hybridized carbons (Fsp3) is 0.500. The Labute approximate surface area is 129 Å². The van der Waals surface area contributed by atoms with Crippen molar-refractivity contribution >= 4 is 24.8 Å². The molecule has 0 radical (unpaired) electrons. The van der Waals surface area contributed by atoms with E-state index in [1.165, 1.54) is 18.2 Å². The van der Waals surface area contributed by atoms with Crippen LogP contribution in [-0.2, 0) is 9.31 Å². The molecule has 1 aliphatic heterocycles. The number of aromatic nitrogens is 1. The van der Waals surface area contributed by atoms with Crippen molar-refractivity contribution in [2.24, 2.45) is 0 Å². The summed E-state index contributed by atoms with van der Waals surface area (Å²) in [6.07, 6.45) is 1.53.